The van der Waals surface area contributed by atoms with E-state index in [4.69, 9.17) is 0 Å². The fourth-order valence-corrected chi connectivity index (χ4v) is 4.01. The average molecular weight is 353 g/mol. The number of thiophene rings is 1. The summed E-state index contributed by atoms with van der Waals surface area (Å²) in [6, 6.07) is 4.33. The molecule has 0 saturated carbocycles. The van der Waals surface area contributed by atoms with Crippen molar-refractivity contribution in [3.63, 3.8) is 0 Å². The lowest BCUT2D eigenvalue weighted by Crippen LogP contribution is -1.80. The summed E-state index contributed by atoms with van der Waals surface area (Å²) in [6.45, 7) is 2.17. The highest BCUT2D eigenvalue weighted by molar-refractivity contribution is 14.1. The maximum atomic E-state index is 3.56. The topological polar surface area (TPSA) is 0 Å². The molecule has 2 rings (SSSR count). The molecule has 0 aliphatic heterocycles. The lowest BCUT2D eigenvalue weighted by atomic mass is 10.2. The van der Waals surface area contributed by atoms with Crippen LogP contribution < -0.4 is 0 Å². The number of aryl methyl sites for hydroxylation is 1. The molecule has 12 heavy (non-hydrogen) atoms. The van der Waals surface area contributed by atoms with Crippen LogP contribution in [0, 0.1) is 10.5 Å². The summed E-state index contributed by atoms with van der Waals surface area (Å²) in [7, 11) is 0. The van der Waals surface area contributed by atoms with Crippen molar-refractivity contribution < 1.29 is 0 Å². The van der Waals surface area contributed by atoms with Gasteiger partial charge in [0.05, 0.1) is 0 Å². The summed E-state index contributed by atoms with van der Waals surface area (Å²) in [5.74, 6) is 0. The molecule has 0 aliphatic carbocycles. The van der Waals surface area contributed by atoms with Gasteiger partial charge in [-0.05, 0) is 52.6 Å². The first-order valence-electron chi connectivity index (χ1n) is 3.52. The summed E-state index contributed by atoms with van der Waals surface area (Å²) in [5, 5.41) is 3.47. The molecule has 1 aromatic carbocycles. The van der Waals surface area contributed by atoms with Crippen LogP contribution in [0.5, 0.6) is 0 Å². The van der Waals surface area contributed by atoms with Gasteiger partial charge in [0.1, 0.15) is 0 Å². The maximum absolute atomic E-state index is 3.56. The van der Waals surface area contributed by atoms with Crippen molar-refractivity contribution in [3.05, 3.63) is 31.1 Å². The minimum absolute atomic E-state index is 1.20. The van der Waals surface area contributed by atoms with E-state index in [-0.39, 0.29) is 0 Å². The molecule has 0 atom stereocenters. The Labute approximate surface area is 97.2 Å². The predicted octanol–water partition coefficient (Wildman–Crippen LogP) is 4.58. The highest BCUT2D eigenvalue weighted by Gasteiger charge is 2.05. The first-order valence-corrected chi connectivity index (χ1v) is 6.27. The van der Waals surface area contributed by atoms with Crippen LogP contribution >= 0.6 is 49.9 Å². The van der Waals surface area contributed by atoms with Gasteiger partial charge >= 0.3 is 0 Å². The normalized spacial score (nSPS) is 10.9. The van der Waals surface area contributed by atoms with Gasteiger partial charge < -0.3 is 0 Å². The quantitative estimate of drug-likeness (QED) is 0.609. The predicted molar refractivity (Wildman–Crippen MR) is 67.0 cm³/mol. The second-order valence-corrected chi connectivity index (χ2v) is 5.56. The number of hydrogen-bond donors (Lipinski definition) is 0. The summed E-state index contributed by atoms with van der Waals surface area (Å²) >= 11 is 7.74. The molecule has 2 aromatic rings. The molecular formula is C9H6BrIS. The van der Waals surface area contributed by atoms with Crippen molar-refractivity contribution >= 4 is 59.9 Å². The molecule has 0 spiro atoms. The van der Waals surface area contributed by atoms with E-state index in [9.17, 15) is 0 Å². The molecule has 1 heterocycles. The van der Waals surface area contributed by atoms with E-state index >= 15 is 0 Å². The van der Waals surface area contributed by atoms with Crippen LogP contribution in [0.3, 0.4) is 0 Å². The molecule has 0 bridgehead atoms. The average Bonchev–Trinajstić information content (AvgIpc) is 2.48. The second-order valence-electron chi connectivity index (χ2n) is 2.63. The Morgan fingerprint density at radius 1 is 1.50 bits per heavy atom. The van der Waals surface area contributed by atoms with Crippen molar-refractivity contribution in [3.8, 4) is 0 Å². The molecule has 0 saturated heterocycles. The molecule has 3 heteroatoms. The molecule has 0 nitrogen and oxygen atoms in total. The van der Waals surface area contributed by atoms with Crippen LogP contribution in [0.15, 0.2) is 22.0 Å². The van der Waals surface area contributed by atoms with Crippen LogP contribution in [0.1, 0.15) is 5.56 Å². The SMILES string of the molecule is Cc1c(I)cc(Br)c2ccsc12. The summed E-state index contributed by atoms with van der Waals surface area (Å²) < 4.78 is 3.93. The standard InChI is InChI=1S/C9H6BrIS/c1-5-8(11)4-7(10)6-2-3-12-9(5)6/h2-4H,1H3. The van der Waals surface area contributed by atoms with Crippen LogP contribution in [-0.4, -0.2) is 0 Å². The highest BCUT2D eigenvalue weighted by Crippen LogP contribution is 2.33. The van der Waals surface area contributed by atoms with Crippen molar-refractivity contribution in [2.45, 2.75) is 6.92 Å². The van der Waals surface area contributed by atoms with Gasteiger partial charge in [0, 0.05) is 18.1 Å². The first-order chi connectivity index (χ1) is 5.70. The zero-order valence-electron chi connectivity index (χ0n) is 6.40. The zero-order chi connectivity index (χ0) is 8.72. The Hall–Kier alpha value is 0.390. The molecule has 0 unspecified atom stereocenters. The van der Waals surface area contributed by atoms with Gasteiger partial charge in [-0.25, -0.2) is 0 Å². The molecule has 0 amide bonds. The van der Waals surface area contributed by atoms with Crippen LogP contribution in [0.25, 0.3) is 10.1 Å². The monoisotopic (exact) mass is 352 g/mol. The Morgan fingerprint density at radius 3 is 3.00 bits per heavy atom. The summed E-state index contributed by atoms with van der Waals surface area (Å²) in [4.78, 5) is 0. The Bertz CT molecular complexity index is 433. The number of rotatable bonds is 0. The highest BCUT2D eigenvalue weighted by atomic mass is 127. The first kappa shape index (κ1) is 8.97. The fourth-order valence-electron chi connectivity index (χ4n) is 1.19. The minimum atomic E-state index is 1.20. The number of fused-ring (bicyclic) bond motifs is 1. The lowest BCUT2D eigenvalue weighted by Gasteiger charge is -2.01. The number of hydrogen-bond acceptors (Lipinski definition) is 1. The Morgan fingerprint density at radius 2 is 2.25 bits per heavy atom. The number of benzene rings is 1. The van der Waals surface area contributed by atoms with E-state index < -0.39 is 0 Å². The molecule has 1 aromatic heterocycles. The Kier molecular flexibility index (Phi) is 2.44. The van der Waals surface area contributed by atoms with Gasteiger partial charge in [0.25, 0.3) is 0 Å². The summed E-state index contributed by atoms with van der Waals surface area (Å²) in [5.41, 5.74) is 1.39. The molecule has 0 radical (unpaired) electrons. The third-order valence-electron chi connectivity index (χ3n) is 1.87. The second kappa shape index (κ2) is 3.27. The van der Waals surface area contributed by atoms with E-state index in [2.05, 4.69) is 63.0 Å². The third kappa shape index (κ3) is 1.32. The summed E-state index contributed by atoms with van der Waals surface area (Å²) in [6.07, 6.45) is 0. The minimum Gasteiger partial charge on any atom is -0.143 e. The lowest BCUT2D eigenvalue weighted by molar-refractivity contribution is 1.49. The zero-order valence-corrected chi connectivity index (χ0v) is 11.0. The largest absolute Gasteiger partial charge is 0.143 e. The van der Waals surface area contributed by atoms with E-state index in [0.717, 1.165) is 0 Å². The van der Waals surface area contributed by atoms with Crippen molar-refractivity contribution in [2.24, 2.45) is 0 Å². The molecule has 0 aliphatic rings. The third-order valence-corrected chi connectivity index (χ3v) is 4.69. The van der Waals surface area contributed by atoms with Gasteiger partial charge in [0.2, 0.25) is 0 Å². The van der Waals surface area contributed by atoms with E-state index in [1.165, 1.54) is 23.7 Å². The van der Waals surface area contributed by atoms with Gasteiger partial charge in [-0.3, -0.25) is 0 Å². The van der Waals surface area contributed by atoms with Crippen LogP contribution in [0.4, 0.5) is 0 Å². The van der Waals surface area contributed by atoms with Crippen molar-refractivity contribution in [1.29, 1.82) is 0 Å². The van der Waals surface area contributed by atoms with Gasteiger partial charge in [-0.2, -0.15) is 0 Å². The Balaban J connectivity index is 2.97. The van der Waals surface area contributed by atoms with Crippen LogP contribution in [0.2, 0.25) is 0 Å². The molecular weight excluding hydrogens is 347 g/mol. The molecule has 0 fully saturated rings. The van der Waals surface area contributed by atoms with Gasteiger partial charge in [-0.1, -0.05) is 15.9 Å². The smallest absolute Gasteiger partial charge is 0.0393 e. The fraction of sp³-hybridized carbons (Fsp3) is 0.111. The maximum Gasteiger partial charge on any atom is 0.0393 e. The van der Waals surface area contributed by atoms with E-state index in [0.29, 0.717) is 0 Å². The number of halogens is 2. The van der Waals surface area contributed by atoms with Crippen LogP contribution in [-0.2, 0) is 0 Å². The molecule has 62 valence electrons. The van der Waals surface area contributed by atoms with Gasteiger partial charge in [0.15, 0.2) is 0 Å². The molecule has 0 N–H and O–H groups in total. The van der Waals surface area contributed by atoms with E-state index in [1.54, 1.807) is 0 Å². The van der Waals surface area contributed by atoms with Gasteiger partial charge in [-0.15, -0.1) is 11.3 Å². The van der Waals surface area contributed by atoms with Crippen molar-refractivity contribution in [1.82, 2.24) is 0 Å². The van der Waals surface area contributed by atoms with Crippen molar-refractivity contribution in [2.75, 3.05) is 0 Å². The van der Waals surface area contributed by atoms with E-state index in [1.807, 2.05) is 11.3 Å².